The van der Waals surface area contributed by atoms with E-state index in [1.54, 1.807) is 21.9 Å². The third-order valence-electron chi connectivity index (χ3n) is 6.71. The van der Waals surface area contributed by atoms with E-state index in [1.165, 1.54) is 6.07 Å². The maximum Gasteiger partial charge on any atom is 0.342 e. The van der Waals surface area contributed by atoms with Crippen LogP contribution in [-0.4, -0.2) is 55.5 Å². The second-order valence-electron chi connectivity index (χ2n) is 9.67. The van der Waals surface area contributed by atoms with Gasteiger partial charge in [-0.2, -0.15) is 0 Å². The largest absolute Gasteiger partial charge is 0.487 e. The topological polar surface area (TPSA) is 119 Å². The van der Waals surface area contributed by atoms with Gasteiger partial charge in [0, 0.05) is 37.3 Å². The Morgan fingerprint density at radius 2 is 2.06 bits per heavy atom. The minimum atomic E-state index is -0.570. The maximum atomic E-state index is 13.3. The van der Waals surface area contributed by atoms with E-state index in [-0.39, 0.29) is 30.0 Å². The summed E-state index contributed by atoms with van der Waals surface area (Å²) >= 11 is 0. The first-order valence-electron chi connectivity index (χ1n) is 12.6. The fraction of sp³-hybridized carbons (Fsp3) is 0.500. The molecule has 3 aromatic heterocycles. The Labute approximate surface area is 208 Å². The van der Waals surface area contributed by atoms with Gasteiger partial charge in [-0.3, -0.25) is 9.59 Å². The van der Waals surface area contributed by atoms with Crippen molar-refractivity contribution in [3.05, 3.63) is 51.3 Å². The van der Waals surface area contributed by atoms with Crippen molar-refractivity contribution in [2.45, 2.75) is 71.6 Å². The number of aromatic nitrogens is 4. The van der Waals surface area contributed by atoms with Crippen LogP contribution in [0.15, 0.2) is 23.3 Å². The number of nitrogens with one attached hydrogen (secondary N) is 1. The molecule has 10 heteroatoms. The van der Waals surface area contributed by atoms with Crippen LogP contribution < -0.4 is 10.2 Å². The maximum absolute atomic E-state index is 13.3. The Hall–Kier alpha value is -3.69. The van der Waals surface area contributed by atoms with Gasteiger partial charge in [-0.1, -0.05) is 13.3 Å². The summed E-state index contributed by atoms with van der Waals surface area (Å²) < 4.78 is 13.2. The highest BCUT2D eigenvalue weighted by atomic mass is 16.5. The Morgan fingerprint density at radius 1 is 1.25 bits per heavy atom. The van der Waals surface area contributed by atoms with Crippen molar-refractivity contribution in [2.24, 2.45) is 0 Å². The number of aromatic amines is 1. The van der Waals surface area contributed by atoms with Crippen molar-refractivity contribution in [3.8, 4) is 5.75 Å². The highest BCUT2D eigenvalue weighted by Gasteiger charge is 2.33. The number of fused-ring (bicyclic) bond motifs is 2. The average molecular weight is 494 g/mol. The van der Waals surface area contributed by atoms with Crippen LogP contribution in [0.25, 0.3) is 11.2 Å². The first-order chi connectivity index (χ1) is 17.4. The number of nitrogens with zero attached hydrogens (tertiary/aromatic N) is 4. The van der Waals surface area contributed by atoms with Crippen molar-refractivity contribution in [3.63, 3.8) is 0 Å². The van der Waals surface area contributed by atoms with E-state index in [0.29, 0.717) is 48.0 Å². The van der Waals surface area contributed by atoms with Gasteiger partial charge in [0.25, 0.3) is 5.91 Å². The summed E-state index contributed by atoms with van der Waals surface area (Å²) in [6, 6.07) is 1.38. The number of amides is 1. The molecule has 1 fully saturated rings. The molecule has 1 aliphatic heterocycles. The molecule has 3 aromatic rings. The van der Waals surface area contributed by atoms with Crippen LogP contribution in [-0.2, 0) is 17.9 Å². The standard InChI is InChI=1S/C26H31N5O5/c1-4-5-10-35-23-20(32)11-17(31-9-8-30(15(2)3)25(33)22(23)31)14-36-26(34)18-12-27-24-21(18)29-19(13-28-24)16-6-7-16/h11-13,15-16H,4-10,14H2,1-3H3,(H,27,28). The Kier molecular flexibility index (Phi) is 6.51. The van der Waals surface area contributed by atoms with Crippen molar-refractivity contribution in [1.82, 2.24) is 24.4 Å². The quantitative estimate of drug-likeness (QED) is 0.358. The van der Waals surface area contributed by atoms with E-state index >= 15 is 0 Å². The van der Waals surface area contributed by atoms with Gasteiger partial charge < -0.3 is 23.9 Å². The molecule has 4 heterocycles. The zero-order valence-electron chi connectivity index (χ0n) is 20.9. The number of ether oxygens (including phenoxy) is 2. The van der Waals surface area contributed by atoms with Gasteiger partial charge in [0.05, 0.1) is 24.2 Å². The third kappa shape index (κ3) is 4.47. The summed E-state index contributed by atoms with van der Waals surface area (Å²) in [6.45, 7) is 7.06. The van der Waals surface area contributed by atoms with Crippen molar-refractivity contribution in [1.29, 1.82) is 0 Å². The van der Waals surface area contributed by atoms with Gasteiger partial charge in [-0.25, -0.2) is 14.8 Å². The van der Waals surface area contributed by atoms with Crippen molar-refractivity contribution < 1.29 is 19.1 Å². The van der Waals surface area contributed by atoms with E-state index in [1.807, 2.05) is 20.8 Å². The predicted molar refractivity (Wildman–Crippen MR) is 132 cm³/mol. The molecule has 0 unspecified atom stereocenters. The predicted octanol–water partition coefficient (Wildman–Crippen LogP) is 3.40. The second kappa shape index (κ2) is 9.75. The van der Waals surface area contributed by atoms with Crippen LogP contribution in [0.5, 0.6) is 5.75 Å². The van der Waals surface area contributed by atoms with E-state index in [0.717, 1.165) is 31.4 Å². The number of rotatable bonds is 9. The number of unbranched alkanes of at least 4 members (excludes halogenated alkanes) is 1. The number of carbonyl (C=O) groups is 2. The molecule has 1 N–H and O–H groups in total. The van der Waals surface area contributed by atoms with Crippen molar-refractivity contribution in [2.75, 3.05) is 13.2 Å². The molecule has 5 rings (SSSR count). The van der Waals surface area contributed by atoms with E-state index in [4.69, 9.17) is 9.47 Å². The van der Waals surface area contributed by atoms with Crippen LogP contribution in [0.1, 0.15) is 84.6 Å². The molecule has 2 aliphatic rings. The number of esters is 1. The molecule has 0 atom stereocenters. The molecule has 190 valence electrons. The molecular formula is C26H31N5O5. The fourth-order valence-corrected chi connectivity index (χ4v) is 4.51. The molecule has 0 radical (unpaired) electrons. The van der Waals surface area contributed by atoms with Crippen LogP contribution >= 0.6 is 0 Å². The van der Waals surface area contributed by atoms with E-state index in [2.05, 4.69) is 15.0 Å². The number of hydrogen-bond donors (Lipinski definition) is 1. The zero-order chi connectivity index (χ0) is 25.4. The monoisotopic (exact) mass is 493 g/mol. The molecule has 36 heavy (non-hydrogen) atoms. The summed E-state index contributed by atoms with van der Waals surface area (Å²) in [6.07, 6.45) is 7.12. The molecule has 1 aliphatic carbocycles. The van der Waals surface area contributed by atoms with Gasteiger partial charge in [0.2, 0.25) is 5.43 Å². The smallest absolute Gasteiger partial charge is 0.342 e. The van der Waals surface area contributed by atoms with E-state index in [9.17, 15) is 14.4 Å². The minimum absolute atomic E-state index is 0.0187. The summed E-state index contributed by atoms with van der Waals surface area (Å²) in [4.78, 5) is 53.0. The van der Waals surface area contributed by atoms with Crippen LogP contribution in [0.4, 0.5) is 0 Å². The van der Waals surface area contributed by atoms with E-state index < -0.39 is 11.4 Å². The van der Waals surface area contributed by atoms with Gasteiger partial charge in [0.15, 0.2) is 17.1 Å². The molecule has 0 aromatic carbocycles. The summed E-state index contributed by atoms with van der Waals surface area (Å²) in [7, 11) is 0. The molecular weight excluding hydrogens is 462 g/mol. The summed E-state index contributed by atoms with van der Waals surface area (Å²) in [5.74, 6) is -0.361. The highest BCUT2D eigenvalue weighted by molar-refractivity contribution is 6.01. The number of carbonyl (C=O) groups excluding carboxylic acids is 2. The van der Waals surface area contributed by atoms with Gasteiger partial charge in [0.1, 0.15) is 17.7 Å². The Morgan fingerprint density at radius 3 is 2.78 bits per heavy atom. The highest BCUT2D eigenvalue weighted by Crippen LogP contribution is 2.39. The average Bonchev–Trinajstić information content (AvgIpc) is 3.63. The first kappa shape index (κ1) is 24.0. The van der Waals surface area contributed by atoms with Gasteiger partial charge in [-0.05, 0) is 33.1 Å². The lowest BCUT2D eigenvalue weighted by Gasteiger charge is -2.34. The summed E-state index contributed by atoms with van der Waals surface area (Å²) in [5, 5.41) is 0. The summed E-state index contributed by atoms with van der Waals surface area (Å²) in [5.41, 5.74) is 2.45. The fourth-order valence-electron chi connectivity index (χ4n) is 4.51. The lowest BCUT2D eigenvalue weighted by atomic mass is 10.1. The number of pyridine rings is 1. The van der Waals surface area contributed by atoms with Gasteiger partial charge >= 0.3 is 5.97 Å². The Balaban J connectivity index is 1.43. The van der Waals surface area contributed by atoms with Crippen LogP contribution in [0, 0.1) is 0 Å². The molecule has 1 saturated carbocycles. The van der Waals surface area contributed by atoms with Gasteiger partial charge in [-0.15, -0.1) is 0 Å². The zero-order valence-corrected chi connectivity index (χ0v) is 20.9. The molecule has 1 amide bonds. The first-order valence-corrected chi connectivity index (χ1v) is 12.6. The second-order valence-corrected chi connectivity index (χ2v) is 9.67. The van der Waals surface area contributed by atoms with Crippen molar-refractivity contribution >= 4 is 23.0 Å². The third-order valence-corrected chi connectivity index (χ3v) is 6.71. The van der Waals surface area contributed by atoms with Crippen LogP contribution in [0.2, 0.25) is 0 Å². The molecule has 10 nitrogen and oxygen atoms in total. The minimum Gasteiger partial charge on any atom is -0.487 e. The Bertz CT molecular complexity index is 1370. The number of H-pyrrole nitrogens is 1. The normalized spacial score (nSPS) is 15.4. The number of hydrogen-bond acceptors (Lipinski definition) is 7. The lowest BCUT2D eigenvalue weighted by Crippen LogP contribution is -2.46. The SMILES string of the molecule is CCCCOc1c2n(c(COC(=O)c3c[nH]c4ncc(C5CC5)nc34)cc1=O)CCN(C(C)C)C2=O. The molecule has 0 saturated heterocycles. The molecule has 0 bridgehead atoms. The molecule has 0 spiro atoms. The van der Waals surface area contributed by atoms with Crippen LogP contribution in [0.3, 0.4) is 0 Å². The lowest BCUT2D eigenvalue weighted by molar-refractivity contribution is 0.0459.